The van der Waals surface area contributed by atoms with Crippen LogP contribution in [0.3, 0.4) is 0 Å². The fourth-order valence-corrected chi connectivity index (χ4v) is 3.00. The lowest BCUT2D eigenvalue weighted by molar-refractivity contribution is -0.117. The number of aromatic nitrogens is 1. The topological polar surface area (TPSA) is 63.1 Å². The maximum atomic E-state index is 11.8. The first-order chi connectivity index (χ1) is 8.08. The van der Waals surface area contributed by atoms with Gasteiger partial charge in [-0.2, -0.15) is 0 Å². The van der Waals surface area contributed by atoms with Gasteiger partial charge in [-0.1, -0.05) is 0 Å². The van der Waals surface area contributed by atoms with Crippen LogP contribution in [0.5, 0.6) is 0 Å². The summed E-state index contributed by atoms with van der Waals surface area (Å²) in [5, 5.41) is 5.88. The Morgan fingerprint density at radius 2 is 2.47 bits per heavy atom. The van der Waals surface area contributed by atoms with Gasteiger partial charge in [0, 0.05) is 24.9 Å². The fraction of sp³-hybridized carbons (Fsp3) is 0.400. The Labute approximate surface area is 111 Å². The minimum Gasteiger partial charge on any atom is -0.323 e. The van der Waals surface area contributed by atoms with Crippen molar-refractivity contribution < 1.29 is 4.79 Å². The molecule has 0 aromatic carbocycles. The van der Waals surface area contributed by atoms with Gasteiger partial charge in [-0.3, -0.25) is 14.9 Å². The smallest absolute Gasteiger partial charge is 0.264 e. The molecule has 1 atom stereocenters. The molecule has 17 heavy (non-hydrogen) atoms. The molecule has 5 nitrogen and oxygen atoms in total. The van der Waals surface area contributed by atoms with E-state index >= 15 is 0 Å². The van der Waals surface area contributed by atoms with Gasteiger partial charge in [0.2, 0.25) is 5.91 Å². The van der Waals surface area contributed by atoms with Crippen LogP contribution in [0, 0.1) is 0 Å². The second kappa shape index (κ2) is 5.24. The summed E-state index contributed by atoms with van der Waals surface area (Å²) >= 11 is 4.86. The molecule has 2 heterocycles. The number of nitrogens with zero attached hydrogens (tertiary/aromatic N) is 1. The maximum Gasteiger partial charge on any atom is 0.264 e. The lowest BCUT2D eigenvalue weighted by atomic mass is 10.3. The Kier molecular flexibility index (Phi) is 3.90. The summed E-state index contributed by atoms with van der Waals surface area (Å²) < 4.78 is 1.86. The minimum absolute atomic E-state index is 0.0689. The Hall–Kier alpha value is -0.790. The van der Waals surface area contributed by atoms with E-state index in [-0.39, 0.29) is 17.5 Å². The summed E-state index contributed by atoms with van der Waals surface area (Å²) in [5.41, 5.74) is 0.486. The fourth-order valence-electron chi connectivity index (χ4n) is 1.53. The number of hydrogen-bond donors (Lipinski definition) is 2. The predicted molar refractivity (Wildman–Crippen MR) is 72.3 cm³/mol. The van der Waals surface area contributed by atoms with Crippen LogP contribution in [0.15, 0.2) is 21.5 Å². The van der Waals surface area contributed by atoms with Crippen molar-refractivity contribution in [3.8, 4) is 0 Å². The molecule has 0 radical (unpaired) electrons. The molecule has 1 amide bonds. The highest BCUT2D eigenvalue weighted by Gasteiger charge is 2.22. The minimum atomic E-state index is -0.156. The van der Waals surface area contributed by atoms with Crippen LogP contribution >= 0.6 is 27.7 Å². The van der Waals surface area contributed by atoms with E-state index in [1.807, 2.05) is 0 Å². The molecule has 2 rings (SSSR count). The van der Waals surface area contributed by atoms with Gasteiger partial charge in [0.25, 0.3) is 5.56 Å². The highest BCUT2D eigenvalue weighted by molar-refractivity contribution is 9.10. The van der Waals surface area contributed by atoms with Crippen molar-refractivity contribution in [2.24, 2.45) is 7.05 Å². The molecular formula is C10H12BrN3O2S. The molecule has 0 aliphatic carbocycles. The van der Waals surface area contributed by atoms with Gasteiger partial charge >= 0.3 is 0 Å². The first-order valence-electron chi connectivity index (χ1n) is 5.06. The number of anilines is 1. The third kappa shape index (κ3) is 2.91. The normalized spacial score (nSPS) is 19.3. The van der Waals surface area contributed by atoms with Gasteiger partial charge in [-0.25, -0.2) is 0 Å². The number of carbonyl (C=O) groups is 1. The number of thioether (sulfide) groups is 1. The van der Waals surface area contributed by atoms with Gasteiger partial charge in [-0.15, -0.1) is 11.8 Å². The SMILES string of the molecule is Cn1cc(NC(=O)C2CSCN2)cc(Br)c1=O. The van der Waals surface area contributed by atoms with E-state index in [4.69, 9.17) is 0 Å². The lowest BCUT2D eigenvalue weighted by Crippen LogP contribution is -2.37. The van der Waals surface area contributed by atoms with Crippen molar-refractivity contribution in [2.45, 2.75) is 6.04 Å². The zero-order valence-corrected chi connectivity index (χ0v) is 11.6. The lowest BCUT2D eigenvalue weighted by Gasteiger charge is -2.11. The third-order valence-corrected chi connectivity index (χ3v) is 3.95. The van der Waals surface area contributed by atoms with E-state index in [2.05, 4.69) is 26.6 Å². The summed E-state index contributed by atoms with van der Waals surface area (Å²) in [6, 6.07) is 1.46. The van der Waals surface area contributed by atoms with Crippen LogP contribution in [-0.4, -0.2) is 28.1 Å². The summed E-state index contributed by atoms with van der Waals surface area (Å²) in [7, 11) is 1.65. The van der Waals surface area contributed by atoms with Crippen LogP contribution in [-0.2, 0) is 11.8 Å². The molecule has 1 fully saturated rings. The Morgan fingerprint density at radius 3 is 3.06 bits per heavy atom. The standard InChI is InChI=1S/C10H12BrN3O2S/c1-14-3-6(2-7(11)10(14)16)13-9(15)8-4-17-5-12-8/h2-3,8,12H,4-5H2,1H3,(H,13,15). The third-order valence-electron chi connectivity index (χ3n) is 2.44. The van der Waals surface area contributed by atoms with Crippen molar-refractivity contribution in [1.29, 1.82) is 0 Å². The largest absolute Gasteiger partial charge is 0.323 e. The number of carbonyl (C=O) groups excluding carboxylic acids is 1. The highest BCUT2D eigenvalue weighted by atomic mass is 79.9. The molecule has 0 bridgehead atoms. The molecule has 1 aliphatic heterocycles. The van der Waals surface area contributed by atoms with Crippen molar-refractivity contribution in [3.63, 3.8) is 0 Å². The number of aryl methyl sites for hydroxylation is 1. The molecular weight excluding hydrogens is 306 g/mol. The van der Waals surface area contributed by atoms with Gasteiger partial charge in [0.05, 0.1) is 16.2 Å². The summed E-state index contributed by atoms with van der Waals surface area (Å²) in [5.74, 6) is 1.51. The average molecular weight is 318 g/mol. The van der Waals surface area contributed by atoms with Crippen molar-refractivity contribution in [3.05, 3.63) is 27.1 Å². The summed E-state index contributed by atoms with van der Waals surface area (Å²) in [6.45, 7) is 0. The quantitative estimate of drug-likeness (QED) is 0.845. The molecule has 1 aliphatic rings. The molecule has 92 valence electrons. The summed E-state index contributed by atoms with van der Waals surface area (Å²) in [6.07, 6.45) is 1.60. The second-order valence-corrected chi connectivity index (χ2v) is 5.64. The zero-order chi connectivity index (χ0) is 12.4. The van der Waals surface area contributed by atoms with Gasteiger partial charge in [0.1, 0.15) is 0 Å². The van der Waals surface area contributed by atoms with Crippen LogP contribution in [0.2, 0.25) is 0 Å². The molecule has 1 aromatic heterocycles. The number of halogens is 1. The number of amides is 1. The highest BCUT2D eigenvalue weighted by Crippen LogP contribution is 2.14. The van der Waals surface area contributed by atoms with E-state index < -0.39 is 0 Å². The van der Waals surface area contributed by atoms with Gasteiger partial charge in [-0.05, 0) is 22.0 Å². The van der Waals surface area contributed by atoms with Crippen LogP contribution in [0.4, 0.5) is 5.69 Å². The first kappa shape index (κ1) is 12.7. The Morgan fingerprint density at radius 1 is 1.71 bits per heavy atom. The molecule has 1 saturated heterocycles. The Bertz CT molecular complexity index is 471. The van der Waals surface area contributed by atoms with Crippen molar-refractivity contribution in [1.82, 2.24) is 9.88 Å². The summed E-state index contributed by atoms with van der Waals surface area (Å²) in [4.78, 5) is 23.3. The number of pyridine rings is 1. The van der Waals surface area contributed by atoms with E-state index in [1.165, 1.54) is 4.57 Å². The van der Waals surface area contributed by atoms with E-state index in [0.29, 0.717) is 10.2 Å². The molecule has 7 heteroatoms. The first-order valence-corrected chi connectivity index (χ1v) is 7.01. The van der Waals surface area contributed by atoms with E-state index in [9.17, 15) is 9.59 Å². The zero-order valence-electron chi connectivity index (χ0n) is 9.20. The molecule has 2 N–H and O–H groups in total. The Balaban J connectivity index is 2.13. The second-order valence-electron chi connectivity index (χ2n) is 3.75. The molecule has 1 aromatic rings. The van der Waals surface area contributed by atoms with Crippen LogP contribution < -0.4 is 16.2 Å². The van der Waals surface area contributed by atoms with Crippen molar-refractivity contribution >= 4 is 39.3 Å². The van der Waals surface area contributed by atoms with Crippen LogP contribution in [0.25, 0.3) is 0 Å². The van der Waals surface area contributed by atoms with Crippen LogP contribution in [0.1, 0.15) is 0 Å². The molecule has 0 saturated carbocycles. The van der Waals surface area contributed by atoms with Gasteiger partial charge in [0.15, 0.2) is 0 Å². The number of nitrogens with one attached hydrogen (secondary N) is 2. The number of hydrogen-bond acceptors (Lipinski definition) is 4. The maximum absolute atomic E-state index is 11.8. The molecule has 1 unspecified atom stereocenters. The van der Waals surface area contributed by atoms with E-state index in [1.54, 1.807) is 31.1 Å². The molecule has 0 spiro atoms. The van der Waals surface area contributed by atoms with E-state index in [0.717, 1.165) is 11.6 Å². The van der Waals surface area contributed by atoms with Crippen molar-refractivity contribution in [2.75, 3.05) is 16.9 Å². The predicted octanol–water partition coefficient (Wildman–Crippen LogP) is 0.749. The average Bonchev–Trinajstić information content (AvgIpc) is 2.79. The monoisotopic (exact) mass is 317 g/mol. The number of rotatable bonds is 2. The van der Waals surface area contributed by atoms with Gasteiger partial charge < -0.3 is 9.88 Å².